The van der Waals surface area contributed by atoms with E-state index in [4.69, 9.17) is 10.5 Å². The smallest absolute Gasteiger partial charge is 0.123 e. The standard InChI is InChI=1S/C19H31NO/c1-5-14-10-11-15(13-20)18(12-14)21-17-9-7-6-8-16(17)19(2,3)4/h6-9,14-15,18H,5,10-13,20H2,1-4H3. The van der Waals surface area contributed by atoms with Crippen LogP contribution in [-0.2, 0) is 5.41 Å². The van der Waals surface area contributed by atoms with E-state index in [1.54, 1.807) is 0 Å². The number of hydrogen-bond acceptors (Lipinski definition) is 2. The third-order valence-corrected chi connectivity index (χ3v) is 4.89. The molecule has 0 bridgehead atoms. The molecule has 118 valence electrons. The van der Waals surface area contributed by atoms with E-state index in [1.807, 2.05) is 0 Å². The molecule has 2 heteroatoms. The highest BCUT2D eigenvalue weighted by Crippen LogP contribution is 2.37. The molecule has 21 heavy (non-hydrogen) atoms. The Bertz CT molecular complexity index is 449. The van der Waals surface area contributed by atoms with Crippen molar-refractivity contribution in [2.24, 2.45) is 17.6 Å². The van der Waals surface area contributed by atoms with Crippen molar-refractivity contribution in [1.82, 2.24) is 0 Å². The molecular formula is C19H31NO. The van der Waals surface area contributed by atoms with Crippen molar-refractivity contribution in [2.75, 3.05) is 6.54 Å². The fraction of sp³-hybridized carbons (Fsp3) is 0.684. The number of nitrogens with two attached hydrogens (primary N) is 1. The zero-order valence-corrected chi connectivity index (χ0v) is 14.1. The van der Waals surface area contributed by atoms with Crippen molar-refractivity contribution in [3.63, 3.8) is 0 Å². The van der Waals surface area contributed by atoms with Gasteiger partial charge in [0.25, 0.3) is 0 Å². The van der Waals surface area contributed by atoms with Gasteiger partial charge in [-0.25, -0.2) is 0 Å². The Kier molecular flexibility index (Phi) is 5.32. The van der Waals surface area contributed by atoms with Crippen molar-refractivity contribution in [1.29, 1.82) is 0 Å². The molecule has 0 saturated heterocycles. The third-order valence-electron chi connectivity index (χ3n) is 4.89. The van der Waals surface area contributed by atoms with E-state index in [2.05, 4.69) is 52.0 Å². The second-order valence-electron chi connectivity index (χ2n) is 7.49. The predicted molar refractivity (Wildman–Crippen MR) is 89.7 cm³/mol. The van der Waals surface area contributed by atoms with Crippen LogP contribution in [0.3, 0.4) is 0 Å². The van der Waals surface area contributed by atoms with Crippen molar-refractivity contribution >= 4 is 0 Å². The summed E-state index contributed by atoms with van der Waals surface area (Å²) in [6.45, 7) is 9.74. The van der Waals surface area contributed by atoms with Crippen LogP contribution in [0.15, 0.2) is 24.3 Å². The van der Waals surface area contributed by atoms with Crippen LogP contribution in [0.5, 0.6) is 5.75 Å². The second-order valence-corrected chi connectivity index (χ2v) is 7.49. The monoisotopic (exact) mass is 289 g/mol. The molecule has 1 saturated carbocycles. The highest BCUT2D eigenvalue weighted by atomic mass is 16.5. The molecule has 1 aliphatic carbocycles. The van der Waals surface area contributed by atoms with E-state index in [9.17, 15) is 0 Å². The van der Waals surface area contributed by atoms with Gasteiger partial charge in [-0.3, -0.25) is 0 Å². The largest absolute Gasteiger partial charge is 0.490 e. The molecule has 0 radical (unpaired) electrons. The van der Waals surface area contributed by atoms with Crippen LogP contribution in [0, 0.1) is 11.8 Å². The summed E-state index contributed by atoms with van der Waals surface area (Å²) >= 11 is 0. The molecule has 1 aromatic carbocycles. The first-order valence-corrected chi connectivity index (χ1v) is 8.42. The van der Waals surface area contributed by atoms with Crippen LogP contribution in [0.4, 0.5) is 0 Å². The molecule has 2 rings (SSSR count). The van der Waals surface area contributed by atoms with Gasteiger partial charge in [-0.05, 0) is 48.8 Å². The molecule has 1 fully saturated rings. The molecule has 0 aromatic heterocycles. The predicted octanol–water partition coefficient (Wildman–Crippen LogP) is 4.52. The Morgan fingerprint density at radius 2 is 1.90 bits per heavy atom. The molecule has 0 aliphatic heterocycles. The first kappa shape index (κ1) is 16.4. The van der Waals surface area contributed by atoms with Gasteiger partial charge < -0.3 is 10.5 Å². The van der Waals surface area contributed by atoms with Crippen LogP contribution in [0.1, 0.15) is 58.9 Å². The van der Waals surface area contributed by atoms with Crippen LogP contribution < -0.4 is 10.5 Å². The molecule has 3 atom stereocenters. The van der Waals surface area contributed by atoms with E-state index in [0.29, 0.717) is 5.92 Å². The summed E-state index contributed by atoms with van der Waals surface area (Å²) in [5.41, 5.74) is 7.37. The first-order chi connectivity index (χ1) is 9.95. The summed E-state index contributed by atoms with van der Waals surface area (Å²) in [4.78, 5) is 0. The Morgan fingerprint density at radius 3 is 2.52 bits per heavy atom. The number of hydrogen-bond donors (Lipinski definition) is 1. The zero-order chi connectivity index (χ0) is 15.5. The van der Waals surface area contributed by atoms with Gasteiger partial charge in [0.2, 0.25) is 0 Å². The Morgan fingerprint density at radius 1 is 1.19 bits per heavy atom. The topological polar surface area (TPSA) is 35.2 Å². The van der Waals surface area contributed by atoms with Crippen LogP contribution >= 0.6 is 0 Å². The van der Waals surface area contributed by atoms with Crippen molar-refractivity contribution in [3.8, 4) is 5.75 Å². The average molecular weight is 289 g/mol. The Balaban J connectivity index is 2.19. The number of benzene rings is 1. The number of ether oxygens (including phenoxy) is 1. The van der Waals surface area contributed by atoms with Crippen molar-refractivity contribution in [3.05, 3.63) is 29.8 Å². The van der Waals surface area contributed by atoms with Gasteiger partial charge in [0, 0.05) is 5.92 Å². The van der Waals surface area contributed by atoms with Crippen LogP contribution in [-0.4, -0.2) is 12.6 Å². The van der Waals surface area contributed by atoms with Crippen LogP contribution in [0.25, 0.3) is 0 Å². The second kappa shape index (κ2) is 6.83. The van der Waals surface area contributed by atoms with E-state index >= 15 is 0 Å². The van der Waals surface area contributed by atoms with E-state index in [0.717, 1.165) is 24.6 Å². The maximum absolute atomic E-state index is 6.47. The van der Waals surface area contributed by atoms with Crippen molar-refractivity contribution in [2.45, 2.75) is 64.9 Å². The molecule has 2 nitrogen and oxygen atoms in total. The normalized spacial score (nSPS) is 26.6. The fourth-order valence-electron chi connectivity index (χ4n) is 3.41. The van der Waals surface area contributed by atoms with Gasteiger partial charge >= 0.3 is 0 Å². The molecule has 3 unspecified atom stereocenters. The van der Waals surface area contributed by atoms with E-state index in [1.165, 1.54) is 24.8 Å². The number of para-hydroxylation sites is 1. The first-order valence-electron chi connectivity index (χ1n) is 8.42. The highest BCUT2D eigenvalue weighted by Gasteiger charge is 2.31. The zero-order valence-electron chi connectivity index (χ0n) is 14.1. The van der Waals surface area contributed by atoms with Gasteiger partial charge in [-0.2, -0.15) is 0 Å². The minimum absolute atomic E-state index is 0.105. The molecule has 2 N–H and O–H groups in total. The summed E-state index contributed by atoms with van der Waals surface area (Å²) in [5.74, 6) is 2.34. The maximum Gasteiger partial charge on any atom is 0.123 e. The maximum atomic E-state index is 6.47. The molecule has 0 amide bonds. The lowest BCUT2D eigenvalue weighted by Crippen LogP contribution is -2.38. The fourth-order valence-corrected chi connectivity index (χ4v) is 3.41. The summed E-state index contributed by atoms with van der Waals surface area (Å²) < 4.78 is 6.47. The quantitative estimate of drug-likeness (QED) is 0.884. The van der Waals surface area contributed by atoms with Gasteiger partial charge in [0.1, 0.15) is 11.9 Å². The SMILES string of the molecule is CCC1CCC(CN)C(Oc2ccccc2C(C)(C)C)C1. The summed E-state index contributed by atoms with van der Waals surface area (Å²) in [6.07, 6.45) is 5.18. The summed E-state index contributed by atoms with van der Waals surface area (Å²) in [5, 5.41) is 0. The Hall–Kier alpha value is -1.02. The highest BCUT2D eigenvalue weighted by molar-refractivity contribution is 5.38. The molecule has 1 aromatic rings. The average Bonchev–Trinajstić information content (AvgIpc) is 2.46. The van der Waals surface area contributed by atoms with E-state index < -0.39 is 0 Å². The number of rotatable bonds is 4. The van der Waals surface area contributed by atoms with Crippen LogP contribution in [0.2, 0.25) is 0 Å². The third kappa shape index (κ3) is 4.00. The minimum Gasteiger partial charge on any atom is -0.490 e. The van der Waals surface area contributed by atoms with E-state index in [-0.39, 0.29) is 11.5 Å². The summed E-state index contributed by atoms with van der Waals surface area (Å²) in [6, 6.07) is 8.47. The van der Waals surface area contributed by atoms with Gasteiger partial charge in [-0.15, -0.1) is 0 Å². The molecular weight excluding hydrogens is 258 g/mol. The Labute approximate surface area is 130 Å². The lowest BCUT2D eigenvalue weighted by atomic mass is 9.78. The minimum atomic E-state index is 0.105. The lowest BCUT2D eigenvalue weighted by molar-refractivity contribution is 0.0668. The van der Waals surface area contributed by atoms with Crippen molar-refractivity contribution < 1.29 is 4.74 Å². The molecule has 0 heterocycles. The van der Waals surface area contributed by atoms with Gasteiger partial charge in [0.05, 0.1) is 0 Å². The lowest BCUT2D eigenvalue weighted by Gasteiger charge is -2.36. The van der Waals surface area contributed by atoms with Gasteiger partial charge in [0.15, 0.2) is 0 Å². The molecule has 0 spiro atoms. The summed E-state index contributed by atoms with van der Waals surface area (Å²) in [7, 11) is 0. The molecule has 1 aliphatic rings. The van der Waals surface area contributed by atoms with Gasteiger partial charge in [-0.1, -0.05) is 52.3 Å².